The lowest BCUT2D eigenvalue weighted by atomic mass is 10.2. The fraction of sp³-hybridized carbons (Fsp3) is 0. The van der Waals surface area contributed by atoms with E-state index in [1.165, 1.54) is 12.1 Å². The number of amides is 1. The molecule has 3 rings (SSSR count). The van der Waals surface area contributed by atoms with E-state index in [0.717, 1.165) is 0 Å². The topological polar surface area (TPSA) is 66.9 Å². The number of aromatic nitrogens is 2. The van der Waals surface area contributed by atoms with E-state index in [1.807, 2.05) is 6.07 Å². The van der Waals surface area contributed by atoms with E-state index >= 15 is 0 Å². The molecule has 0 atom stereocenters. The molecule has 24 heavy (non-hydrogen) atoms. The first-order valence-electron chi connectivity index (χ1n) is 7.04. The molecule has 0 fully saturated rings. The third-order valence-electron chi connectivity index (χ3n) is 3.12. The number of nitrogens with one attached hydrogen (secondary N) is 2. The van der Waals surface area contributed by atoms with Crippen LogP contribution in [0.1, 0.15) is 10.4 Å². The first-order chi connectivity index (χ1) is 11.6. The summed E-state index contributed by atoms with van der Waals surface area (Å²) in [5, 5.41) is 13.5. The van der Waals surface area contributed by atoms with E-state index in [-0.39, 0.29) is 11.7 Å². The minimum absolute atomic E-state index is 0.289. The molecule has 2 N–H and O–H groups in total. The molecular weight excluding hydrogens is 375 g/mol. The zero-order valence-corrected chi connectivity index (χ0v) is 13.9. The summed E-state index contributed by atoms with van der Waals surface area (Å²) in [6, 6.07) is 16.4. The maximum absolute atomic E-state index is 13.1. The van der Waals surface area contributed by atoms with Gasteiger partial charge in [0.25, 0.3) is 5.91 Å². The molecule has 2 aromatic carbocycles. The molecule has 3 aromatic rings. The van der Waals surface area contributed by atoms with Gasteiger partial charge in [-0.3, -0.25) is 4.79 Å². The van der Waals surface area contributed by atoms with E-state index in [9.17, 15) is 9.18 Å². The molecule has 0 bridgehead atoms. The maximum Gasteiger partial charge on any atom is 0.258 e. The molecule has 1 heterocycles. The van der Waals surface area contributed by atoms with Gasteiger partial charge in [-0.05, 0) is 58.4 Å². The second kappa shape index (κ2) is 7.18. The average molecular weight is 387 g/mol. The molecule has 0 saturated heterocycles. The van der Waals surface area contributed by atoms with Gasteiger partial charge in [-0.1, -0.05) is 18.2 Å². The lowest BCUT2D eigenvalue weighted by Crippen LogP contribution is -2.14. The molecule has 1 aromatic heterocycles. The zero-order chi connectivity index (χ0) is 16.9. The van der Waals surface area contributed by atoms with Crippen molar-refractivity contribution in [1.82, 2.24) is 10.2 Å². The van der Waals surface area contributed by atoms with Gasteiger partial charge in [0.1, 0.15) is 5.82 Å². The Labute approximate surface area is 146 Å². The second-order valence-electron chi connectivity index (χ2n) is 4.87. The molecule has 5 nitrogen and oxygen atoms in total. The van der Waals surface area contributed by atoms with E-state index in [2.05, 4.69) is 36.8 Å². The first kappa shape index (κ1) is 16.1. The second-order valence-corrected chi connectivity index (χ2v) is 5.73. The predicted molar refractivity (Wildman–Crippen MR) is 93.8 cm³/mol. The number of carbonyl (C=O) groups excluding carboxylic acids is 1. The summed E-state index contributed by atoms with van der Waals surface area (Å²) in [6.45, 7) is 0. The quantitative estimate of drug-likeness (QED) is 0.698. The van der Waals surface area contributed by atoms with Gasteiger partial charge in [0.05, 0.1) is 5.56 Å². The van der Waals surface area contributed by atoms with Crippen LogP contribution in [0, 0.1) is 5.82 Å². The molecule has 0 aliphatic rings. The highest BCUT2D eigenvalue weighted by Crippen LogP contribution is 2.18. The predicted octanol–water partition coefficient (Wildman–Crippen LogP) is 4.37. The Balaban J connectivity index is 1.68. The van der Waals surface area contributed by atoms with Crippen LogP contribution >= 0.6 is 15.9 Å². The highest BCUT2D eigenvalue weighted by Gasteiger charge is 2.10. The van der Waals surface area contributed by atoms with Crippen LogP contribution in [0.25, 0.3) is 0 Å². The molecule has 0 spiro atoms. The summed E-state index contributed by atoms with van der Waals surface area (Å²) in [4.78, 5) is 12.2. The van der Waals surface area contributed by atoms with Crippen LogP contribution in [0.15, 0.2) is 65.1 Å². The largest absolute Gasteiger partial charge is 0.339 e. The van der Waals surface area contributed by atoms with Gasteiger partial charge in [-0.25, -0.2) is 4.39 Å². The van der Waals surface area contributed by atoms with E-state index in [0.29, 0.717) is 27.4 Å². The van der Waals surface area contributed by atoms with Gasteiger partial charge >= 0.3 is 0 Å². The monoisotopic (exact) mass is 386 g/mol. The van der Waals surface area contributed by atoms with Crippen molar-refractivity contribution in [3.63, 3.8) is 0 Å². The molecule has 0 aliphatic heterocycles. The van der Waals surface area contributed by atoms with Crippen molar-refractivity contribution in [2.24, 2.45) is 0 Å². The third-order valence-corrected chi connectivity index (χ3v) is 3.81. The number of hydrogen-bond donors (Lipinski definition) is 2. The Kier molecular flexibility index (Phi) is 4.81. The Morgan fingerprint density at radius 2 is 1.71 bits per heavy atom. The van der Waals surface area contributed by atoms with Gasteiger partial charge in [0.15, 0.2) is 11.6 Å². The summed E-state index contributed by atoms with van der Waals surface area (Å²) < 4.78 is 13.8. The summed E-state index contributed by atoms with van der Waals surface area (Å²) in [5.41, 5.74) is 1.07. The molecule has 0 unspecified atom stereocenters. The average Bonchev–Trinajstić information content (AvgIpc) is 2.57. The van der Waals surface area contributed by atoms with Crippen LogP contribution in [0.3, 0.4) is 0 Å². The van der Waals surface area contributed by atoms with Crippen LogP contribution in [0.2, 0.25) is 0 Å². The molecular formula is C17H12BrFN4O. The lowest BCUT2D eigenvalue weighted by Gasteiger charge is -2.07. The van der Waals surface area contributed by atoms with Crippen molar-refractivity contribution in [3.8, 4) is 0 Å². The maximum atomic E-state index is 13.1. The Hall–Kier alpha value is -2.80. The Bertz CT molecular complexity index is 870. The number of anilines is 3. The van der Waals surface area contributed by atoms with Gasteiger partial charge in [0.2, 0.25) is 0 Å². The standard InChI is InChI=1S/C17H12BrFN4O/c18-14-7-2-1-6-13(14)17(24)21-16-9-8-15(22-23-16)20-12-5-3-4-11(19)10-12/h1-10H,(H,20,22)(H,21,23,24). The summed E-state index contributed by atoms with van der Waals surface area (Å²) in [5.74, 6) is 0.132. The van der Waals surface area contributed by atoms with E-state index in [4.69, 9.17) is 0 Å². The number of nitrogens with zero attached hydrogens (tertiary/aromatic N) is 2. The number of rotatable bonds is 4. The van der Waals surface area contributed by atoms with Gasteiger partial charge < -0.3 is 10.6 Å². The van der Waals surface area contributed by atoms with Crippen LogP contribution in [0.5, 0.6) is 0 Å². The number of hydrogen-bond acceptors (Lipinski definition) is 4. The Morgan fingerprint density at radius 3 is 2.42 bits per heavy atom. The van der Waals surface area contributed by atoms with Crippen LogP contribution < -0.4 is 10.6 Å². The van der Waals surface area contributed by atoms with Crippen molar-refractivity contribution >= 4 is 39.2 Å². The van der Waals surface area contributed by atoms with Gasteiger partial charge in [0, 0.05) is 10.2 Å². The minimum Gasteiger partial charge on any atom is -0.339 e. The van der Waals surface area contributed by atoms with Crippen molar-refractivity contribution in [3.05, 3.63) is 76.5 Å². The summed E-state index contributed by atoms with van der Waals surface area (Å²) in [7, 11) is 0. The SMILES string of the molecule is O=C(Nc1ccc(Nc2cccc(F)c2)nn1)c1ccccc1Br. The fourth-order valence-electron chi connectivity index (χ4n) is 2.01. The van der Waals surface area contributed by atoms with Crippen LogP contribution in [-0.2, 0) is 0 Å². The number of carbonyl (C=O) groups is 1. The first-order valence-corrected chi connectivity index (χ1v) is 7.83. The normalized spacial score (nSPS) is 10.2. The van der Waals surface area contributed by atoms with Crippen molar-refractivity contribution in [1.29, 1.82) is 0 Å². The molecule has 0 saturated carbocycles. The highest BCUT2D eigenvalue weighted by atomic mass is 79.9. The smallest absolute Gasteiger partial charge is 0.258 e. The molecule has 0 aliphatic carbocycles. The lowest BCUT2D eigenvalue weighted by molar-refractivity contribution is 0.102. The van der Waals surface area contributed by atoms with Crippen molar-refractivity contribution in [2.75, 3.05) is 10.6 Å². The molecule has 0 radical (unpaired) electrons. The van der Waals surface area contributed by atoms with E-state index in [1.54, 1.807) is 42.5 Å². The number of halogens is 2. The fourth-order valence-corrected chi connectivity index (χ4v) is 2.47. The molecule has 7 heteroatoms. The highest BCUT2D eigenvalue weighted by molar-refractivity contribution is 9.10. The molecule has 1 amide bonds. The van der Waals surface area contributed by atoms with Crippen LogP contribution in [0.4, 0.5) is 21.7 Å². The van der Waals surface area contributed by atoms with Crippen molar-refractivity contribution < 1.29 is 9.18 Å². The summed E-state index contributed by atoms with van der Waals surface area (Å²) >= 11 is 3.33. The zero-order valence-electron chi connectivity index (χ0n) is 12.3. The summed E-state index contributed by atoms with van der Waals surface area (Å²) in [6.07, 6.45) is 0. The molecule has 120 valence electrons. The van der Waals surface area contributed by atoms with Crippen molar-refractivity contribution in [2.45, 2.75) is 0 Å². The van der Waals surface area contributed by atoms with Crippen LogP contribution in [-0.4, -0.2) is 16.1 Å². The Morgan fingerprint density at radius 1 is 0.958 bits per heavy atom. The van der Waals surface area contributed by atoms with Gasteiger partial charge in [-0.2, -0.15) is 0 Å². The number of benzene rings is 2. The minimum atomic E-state index is -0.342. The third kappa shape index (κ3) is 3.94. The van der Waals surface area contributed by atoms with E-state index < -0.39 is 0 Å². The van der Waals surface area contributed by atoms with Gasteiger partial charge in [-0.15, -0.1) is 10.2 Å².